The second kappa shape index (κ2) is 5.48. The predicted octanol–water partition coefficient (Wildman–Crippen LogP) is 0.833. The van der Waals surface area contributed by atoms with Crippen LogP contribution in [0.2, 0.25) is 0 Å². The molecule has 0 radical (unpaired) electrons. The minimum Gasteiger partial charge on any atom is -0.394 e. The van der Waals surface area contributed by atoms with Gasteiger partial charge < -0.3 is 20.1 Å². The number of aromatic nitrogens is 1. The van der Waals surface area contributed by atoms with Crippen LogP contribution in [-0.4, -0.2) is 29.5 Å². The van der Waals surface area contributed by atoms with E-state index in [1.807, 2.05) is 0 Å². The molecule has 0 amide bonds. The standard InChI is InChI=1S/C12H20N2O2/c13-12-3-1-2-10-8-14(9-11(10)12)4-6-16-7-5-15/h8-9,12,15H,1-7,13H2. The Hall–Kier alpha value is -0.840. The van der Waals surface area contributed by atoms with Crippen molar-refractivity contribution < 1.29 is 9.84 Å². The first-order chi connectivity index (χ1) is 7.81. The Labute approximate surface area is 96.0 Å². The van der Waals surface area contributed by atoms with E-state index in [-0.39, 0.29) is 12.6 Å². The van der Waals surface area contributed by atoms with Crippen molar-refractivity contribution in [1.82, 2.24) is 4.57 Å². The zero-order valence-electron chi connectivity index (χ0n) is 9.56. The lowest BCUT2D eigenvalue weighted by Crippen LogP contribution is -2.15. The number of aliphatic hydroxyl groups is 1. The number of rotatable bonds is 5. The Kier molecular flexibility index (Phi) is 3.98. The Morgan fingerprint density at radius 3 is 3.06 bits per heavy atom. The second-order valence-corrected chi connectivity index (χ2v) is 4.31. The highest BCUT2D eigenvalue weighted by atomic mass is 16.5. The van der Waals surface area contributed by atoms with Crippen LogP contribution in [0.15, 0.2) is 12.4 Å². The SMILES string of the molecule is NC1CCCc2cn(CCOCCO)cc21. The van der Waals surface area contributed by atoms with Crippen LogP contribution in [0.4, 0.5) is 0 Å². The average molecular weight is 224 g/mol. The molecule has 0 aromatic carbocycles. The van der Waals surface area contributed by atoms with Gasteiger partial charge in [-0.15, -0.1) is 0 Å². The van der Waals surface area contributed by atoms with Gasteiger partial charge in [-0.2, -0.15) is 0 Å². The van der Waals surface area contributed by atoms with E-state index in [2.05, 4.69) is 17.0 Å². The topological polar surface area (TPSA) is 60.4 Å². The van der Waals surface area contributed by atoms with Gasteiger partial charge in [0.15, 0.2) is 0 Å². The third-order valence-electron chi connectivity index (χ3n) is 3.09. The average Bonchev–Trinajstić information content (AvgIpc) is 2.69. The highest BCUT2D eigenvalue weighted by molar-refractivity contribution is 5.29. The zero-order chi connectivity index (χ0) is 11.4. The minimum atomic E-state index is 0.0903. The molecule has 3 N–H and O–H groups in total. The van der Waals surface area contributed by atoms with Crippen molar-refractivity contribution in [2.75, 3.05) is 19.8 Å². The van der Waals surface area contributed by atoms with Gasteiger partial charge in [-0.05, 0) is 30.4 Å². The van der Waals surface area contributed by atoms with E-state index in [0.717, 1.165) is 19.4 Å². The van der Waals surface area contributed by atoms with Gasteiger partial charge in [-0.1, -0.05) is 0 Å². The maximum absolute atomic E-state index is 8.58. The van der Waals surface area contributed by atoms with Crippen molar-refractivity contribution >= 4 is 0 Å². The second-order valence-electron chi connectivity index (χ2n) is 4.31. The van der Waals surface area contributed by atoms with Gasteiger partial charge in [-0.25, -0.2) is 0 Å². The molecule has 1 aliphatic rings. The van der Waals surface area contributed by atoms with E-state index in [4.69, 9.17) is 15.6 Å². The van der Waals surface area contributed by atoms with Gasteiger partial charge in [0.25, 0.3) is 0 Å². The lowest BCUT2D eigenvalue weighted by atomic mass is 9.92. The molecule has 90 valence electrons. The number of hydrogen-bond donors (Lipinski definition) is 2. The molecule has 1 aromatic heterocycles. The van der Waals surface area contributed by atoms with Crippen molar-refractivity contribution in [3.63, 3.8) is 0 Å². The Morgan fingerprint density at radius 2 is 2.31 bits per heavy atom. The molecule has 0 fully saturated rings. The Morgan fingerprint density at radius 1 is 1.44 bits per heavy atom. The minimum absolute atomic E-state index is 0.0903. The van der Waals surface area contributed by atoms with Crippen LogP contribution >= 0.6 is 0 Å². The molecule has 0 spiro atoms. The van der Waals surface area contributed by atoms with Gasteiger partial charge in [-0.3, -0.25) is 0 Å². The molecule has 0 bridgehead atoms. The maximum Gasteiger partial charge on any atom is 0.0698 e. The van der Waals surface area contributed by atoms with Crippen LogP contribution in [0.3, 0.4) is 0 Å². The molecule has 2 rings (SSSR count). The fraction of sp³-hybridized carbons (Fsp3) is 0.667. The predicted molar refractivity (Wildman–Crippen MR) is 62.2 cm³/mol. The number of nitrogens with zero attached hydrogens (tertiary/aromatic N) is 1. The van der Waals surface area contributed by atoms with Crippen LogP contribution in [0.1, 0.15) is 30.0 Å². The summed E-state index contributed by atoms with van der Waals surface area (Å²) in [6.07, 6.45) is 7.75. The third-order valence-corrected chi connectivity index (χ3v) is 3.09. The Bertz CT molecular complexity index is 336. The number of aliphatic hydroxyl groups excluding tert-OH is 1. The first kappa shape index (κ1) is 11.6. The molecule has 1 unspecified atom stereocenters. The van der Waals surface area contributed by atoms with Crippen molar-refractivity contribution in [2.45, 2.75) is 31.8 Å². The quantitative estimate of drug-likeness (QED) is 0.728. The fourth-order valence-corrected chi connectivity index (χ4v) is 2.25. The first-order valence-corrected chi connectivity index (χ1v) is 5.94. The number of aryl methyl sites for hydroxylation is 1. The van der Waals surface area contributed by atoms with E-state index in [1.54, 1.807) is 0 Å². The number of fused-ring (bicyclic) bond motifs is 1. The van der Waals surface area contributed by atoms with Crippen LogP contribution in [0, 0.1) is 0 Å². The number of ether oxygens (including phenoxy) is 1. The van der Waals surface area contributed by atoms with E-state index < -0.39 is 0 Å². The molecule has 1 heterocycles. The summed E-state index contributed by atoms with van der Waals surface area (Å²) in [5.74, 6) is 0. The lowest BCUT2D eigenvalue weighted by molar-refractivity contribution is 0.0870. The van der Waals surface area contributed by atoms with Gasteiger partial charge in [0.1, 0.15) is 0 Å². The zero-order valence-corrected chi connectivity index (χ0v) is 9.56. The molecule has 1 aliphatic carbocycles. The fourth-order valence-electron chi connectivity index (χ4n) is 2.25. The summed E-state index contributed by atoms with van der Waals surface area (Å²) in [5, 5.41) is 8.58. The molecule has 4 nitrogen and oxygen atoms in total. The molecule has 0 saturated heterocycles. The van der Waals surface area contributed by atoms with Gasteiger partial charge >= 0.3 is 0 Å². The molecule has 16 heavy (non-hydrogen) atoms. The summed E-state index contributed by atoms with van der Waals surface area (Å²) < 4.78 is 7.39. The molecule has 0 aliphatic heterocycles. The summed E-state index contributed by atoms with van der Waals surface area (Å²) in [7, 11) is 0. The molecule has 4 heteroatoms. The smallest absolute Gasteiger partial charge is 0.0698 e. The molecule has 1 aromatic rings. The summed E-state index contributed by atoms with van der Waals surface area (Å²) in [4.78, 5) is 0. The maximum atomic E-state index is 8.58. The highest BCUT2D eigenvalue weighted by Gasteiger charge is 2.18. The molecular formula is C12H20N2O2. The first-order valence-electron chi connectivity index (χ1n) is 5.94. The lowest BCUT2D eigenvalue weighted by Gasteiger charge is -2.17. The highest BCUT2D eigenvalue weighted by Crippen LogP contribution is 2.28. The number of hydrogen-bond acceptors (Lipinski definition) is 3. The Balaban J connectivity index is 1.91. The molecule has 1 atom stereocenters. The summed E-state index contributed by atoms with van der Waals surface area (Å²) in [6, 6.07) is 0.211. The van der Waals surface area contributed by atoms with Crippen molar-refractivity contribution in [2.24, 2.45) is 5.73 Å². The van der Waals surface area contributed by atoms with Crippen molar-refractivity contribution in [3.8, 4) is 0 Å². The van der Waals surface area contributed by atoms with Gasteiger partial charge in [0.2, 0.25) is 0 Å². The van der Waals surface area contributed by atoms with Crippen LogP contribution in [0.5, 0.6) is 0 Å². The molecule has 0 saturated carbocycles. The van der Waals surface area contributed by atoms with E-state index in [1.165, 1.54) is 17.5 Å². The van der Waals surface area contributed by atoms with E-state index in [9.17, 15) is 0 Å². The van der Waals surface area contributed by atoms with Crippen molar-refractivity contribution in [3.05, 3.63) is 23.5 Å². The van der Waals surface area contributed by atoms with E-state index in [0.29, 0.717) is 13.2 Å². The third kappa shape index (κ3) is 2.64. The van der Waals surface area contributed by atoms with Gasteiger partial charge in [0.05, 0.1) is 19.8 Å². The van der Waals surface area contributed by atoms with Crippen molar-refractivity contribution in [1.29, 1.82) is 0 Å². The van der Waals surface area contributed by atoms with Crippen LogP contribution < -0.4 is 5.73 Å². The van der Waals surface area contributed by atoms with Gasteiger partial charge in [0, 0.05) is 25.0 Å². The van der Waals surface area contributed by atoms with Crippen LogP contribution in [-0.2, 0) is 17.7 Å². The number of nitrogens with two attached hydrogens (primary N) is 1. The van der Waals surface area contributed by atoms with Crippen LogP contribution in [0.25, 0.3) is 0 Å². The largest absolute Gasteiger partial charge is 0.394 e. The summed E-state index contributed by atoms with van der Waals surface area (Å²) in [6.45, 7) is 1.98. The summed E-state index contributed by atoms with van der Waals surface area (Å²) >= 11 is 0. The monoisotopic (exact) mass is 224 g/mol. The van der Waals surface area contributed by atoms with E-state index >= 15 is 0 Å². The summed E-state index contributed by atoms with van der Waals surface area (Å²) in [5.41, 5.74) is 8.75. The normalized spacial score (nSPS) is 19.8. The molecular weight excluding hydrogens is 204 g/mol.